The van der Waals surface area contributed by atoms with Crippen LogP contribution in [0.25, 0.3) is 10.9 Å². The number of aromatic nitrogens is 1. The Morgan fingerprint density at radius 3 is 2.55 bits per heavy atom. The molecule has 1 aromatic heterocycles. The molecule has 0 aliphatic rings. The number of rotatable bonds is 6. The van der Waals surface area contributed by atoms with Gasteiger partial charge in [0.15, 0.2) is 0 Å². The minimum Gasteiger partial charge on any atom is -0.494 e. The molecule has 2 amide bonds. The first-order chi connectivity index (χ1) is 13.9. The predicted molar refractivity (Wildman–Crippen MR) is 114 cm³/mol. The Hall–Kier alpha value is -3.61. The summed E-state index contributed by atoms with van der Waals surface area (Å²) in [6.45, 7) is 1.93. The van der Waals surface area contributed by atoms with Crippen LogP contribution in [0, 0.1) is 0 Å². The molecular formula is C22H23N3O4. The van der Waals surface area contributed by atoms with Gasteiger partial charge in [0.2, 0.25) is 5.91 Å². The maximum Gasteiger partial charge on any atom is 0.256 e. The molecule has 0 bridgehead atoms. The summed E-state index contributed by atoms with van der Waals surface area (Å²) in [6, 6.07) is 13.5. The van der Waals surface area contributed by atoms with Crippen molar-refractivity contribution in [2.75, 3.05) is 17.7 Å². The smallest absolute Gasteiger partial charge is 0.256 e. The Balaban J connectivity index is 1.90. The Morgan fingerprint density at radius 1 is 1.07 bits per heavy atom. The van der Waals surface area contributed by atoms with Gasteiger partial charge in [0.25, 0.3) is 11.5 Å². The van der Waals surface area contributed by atoms with E-state index in [-0.39, 0.29) is 11.5 Å². The summed E-state index contributed by atoms with van der Waals surface area (Å²) in [6.07, 6.45) is 1.16. The number of hydrogen-bond acceptors (Lipinski definition) is 4. The number of fused-ring (bicyclic) bond motifs is 1. The highest BCUT2D eigenvalue weighted by molar-refractivity contribution is 6.12. The number of pyridine rings is 1. The number of carbonyl (C=O) groups excluding carboxylic acids is 2. The fourth-order valence-electron chi connectivity index (χ4n) is 3.11. The Bertz CT molecular complexity index is 1130. The van der Waals surface area contributed by atoms with E-state index in [1.54, 1.807) is 37.4 Å². The summed E-state index contributed by atoms with van der Waals surface area (Å²) in [4.78, 5) is 36.9. The maximum atomic E-state index is 12.9. The molecule has 150 valence electrons. The molecule has 29 heavy (non-hydrogen) atoms. The van der Waals surface area contributed by atoms with Gasteiger partial charge in [0.1, 0.15) is 5.75 Å². The van der Waals surface area contributed by atoms with E-state index in [4.69, 9.17) is 4.74 Å². The fraction of sp³-hybridized carbons (Fsp3) is 0.227. The van der Waals surface area contributed by atoms with Crippen molar-refractivity contribution in [3.05, 3.63) is 64.4 Å². The van der Waals surface area contributed by atoms with Crippen molar-refractivity contribution in [1.29, 1.82) is 0 Å². The number of amides is 2. The van der Waals surface area contributed by atoms with Gasteiger partial charge < -0.3 is 19.9 Å². The third-order valence-electron chi connectivity index (χ3n) is 4.61. The van der Waals surface area contributed by atoms with Crippen LogP contribution < -0.4 is 20.9 Å². The second-order valence-corrected chi connectivity index (χ2v) is 6.64. The van der Waals surface area contributed by atoms with Gasteiger partial charge in [0.05, 0.1) is 23.9 Å². The largest absolute Gasteiger partial charge is 0.494 e. The van der Waals surface area contributed by atoms with E-state index in [0.717, 1.165) is 6.42 Å². The maximum absolute atomic E-state index is 12.9. The summed E-state index contributed by atoms with van der Waals surface area (Å²) in [5.74, 6) is -0.0704. The molecule has 0 atom stereocenters. The van der Waals surface area contributed by atoms with Gasteiger partial charge >= 0.3 is 0 Å². The summed E-state index contributed by atoms with van der Waals surface area (Å²) >= 11 is 0. The van der Waals surface area contributed by atoms with Crippen molar-refractivity contribution in [2.45, 2.75) is 19.8 Å². The molecule has 0 aliphatic heterocycles. The third-order valence-corrected chi connectivity index (χ3v) is 4.61. The molecule has 7 nitrogen and oxygen atoms in total. The summed E-state index contributed by atoms with van der Waals surface area (Å²) < 4.78 is 6.84. The number of aryl methyl sites for hydroxylation is 1. The minimum absolute atomic E-state index is 0.103. The first-order valence-electron chi connectivity index (χ1n) is 9.32. The molecule has 2 N–H and O–H groups in total. The molecular weight excluding hydrogens is 370 g/mol. The lowest BCUT2D eigenvalue weighted by Gasteiger charge is -2.13. The zero-order chi connectivity index (χ0) is 21.0. The summed E-state index contributed by atoms with van der Waals surface area (Å²) in [5.41, 5.74) is 1.73. The van der Waals surface area contributed by atoms with Crippen LogP contribution in [0.5, 0.6) is 5.75 Å². The second kappa shape index (κ2) is 8.60. The molecule has 2 aromatic carbocycles. The van der Waals surface area contributed by atoms with Gasteiger partial charge in [0, 0.05) is 36.7 Å². The van der Waals surface area contributed by atoms with E-state index in [2.05, 4.69) is 10.6 Å². The molecule has 7 heteroatoms. The highest BCUT2D eigenvalue weighted by atomic mass is 16.5. The average molecular weight is 393 g/mol. The van der Waals surface area contributed by atoms with Crippen LogP contribution in [0.2, 0.25) is 0 Å². The number of carbonyl (C=O) groups is 2. The standard InChI is InChI=1S/C22H23N3O4/c1-4-7-20(26)24-17-11-10-14(12-19(17)29-3)23-22(28)16-13-21(27)25(2)18-9-6-5-8-15(16)18/h5-6,8-13H,4,7H2,1-3H3,(H,23,28)(H,24,26). The number of ether oxygens (including phenoxy) is 1. The number of hydrogen-bond donors (Lipinski definition) is 2. The van der Waals surface area contributed by atoms with Gasteiger partial charge in [-0.3, -0.25) is 14.4 Å². The van der Waals surface area contributed by atoms with E-state index in [1.807, 2.05) is 19.1 Å². The Kier molecular flexibility index (Phi) is 5.97. The summed E-state index contributed by atoms with van der Waals surface area (Å²) in [5, 5.41) is 6.27. The zero-order valence-electron chi connectivity index (χ0n) is 16.6. The highest BCUT2D eigenvalue weighted by Crippen LogP contribution is 2.29. The monoisotopic (exact) mass is 393 g/mol. The van der Waals surface area contributed by atoms with Crippen molar-refractivity contribution in [1.82, 2.24) is 4.57 Å². The molecule has 0 saturated heterocycles. The van der Waals surface area contributed by atoms with Gasteiger partial charge in [-0.05, 0) is 24.6 Å². The molecule has 0 radical (unpaired) electrons. The number of methoxy groups -OCH3 is 1. The molecule has 0 saturated carbocycles. The average Bonchev–Trinajstić information content (AvgIpc) is 2.72. The molecule has 3 aromatic rings. The quantitative estimate of drug-likeness (QED) is 0.670. The number of benzene rings is 2. The van der Waals surface area contributed by atoms with Gasteiger partial charge in [-0.2, -0.15) is 0 Å². The third kappa shape index (κ3) is 4.29. The van der Waals surface area contributed by atoms with Crippen molar-refractivity contribution in [2.24, 2.45) is 7.05 Å². The van der Waals surface area contributed by atoms with E-state index < -0.39 is 5.91 Å². The molecule has 1 heterocycles. The molecule has 0 unspecified atom stereocenters. The van der Waals surface area contributed by atoms with Crippen LogP contribution in [-0.2, 0) is 11.8 Å². The second-order valence-electron chi connectivity index (χ2n) is 6.64. The summed E-state index contributed by atoms with van der Waals surface area (Å²) in [7, 11) is 3.16. The van der Waals surface area contributed by atoms with E-state index in [1.165, 1.54) is 17.7 Å². The first-order valence-corrected chi connectivity index (χ1v) is 9.32. The van der Waals surface area contributed by atoms with Gasteiger partial charge in [-0.1, -0.05) is 25.1 Å². The predicted octanol–water partition coefficient (Wildman–Crippen LogP) is 3.54. The van der Waals surface area contributed by atoms with Crippen molar-refractivity contribution >= 4 is 34.1 Å². The Morgan fingerprint density at radius 2 is 1.83 bits per heavy atom. The molecule has 0 aliphatic carbocycles. The van der Waals surface area contributed by atoms with E-state index in [9.17, 15) is 14.4 Å². The number of anilines is 2. The lowest BCUT2D eigenvalue weighted by atomic mass is 10.1. The molecule has 3 rings (SSSR count). The minimum atomic E-state index is -0.399. The SMILES string of the molecule is CCCC(=O)Nc1ccc(NC(=O)c2cc(=O)n(C)c3ccccc23)cc1OC. The van der Waals surface area contributed by atoms with Crippen molar-refractivity contribution in [3.63, 3.8) is 0 Å². The van der Waals surface area contributed by atoms with E-state index >= 15 is 0 Å². The zero-order valence-corrected chi connectivity index (χ0v) is 16.6. The number of nitrogens with zero attached hydrogens (tertiary/aromatic N) is 1. The fourth-order valence-corrected chi connectivity index (χ4v) is 3.11. The lowest BCUT2D eigenvalue weighted by Crippen LogP contribution is -2.21. The van der Waals surface area contributed by atoms with Crippen molar-refractivity contribution in [3.8, 4) is 5.75 Å². The Labute approximate surface area is 168 Å². The van der Waals surface area contributed by atoms with Crippen molar-refractivity contribution < 1.29 is 14.3 Å². The van der Waals surface area contributed by atoms with Gasteiger partial charge in [-0.25, -0.2) is 0 Å². The topological polar surface area (TPSA) is 89.4 Å². The van der Waals surface area contributed by atoms with Crippen LogP contribution in [-0.4, -0.2) is 23.5 Å². The van der Waals surface area contributed by atoms with Crippen LogP contribution in [0.3, 0.4) is 0 Å². The molecule has 0 fully saturated rings. The first kappa shape index (κ1) is 20.1. The van der Waals surface area contributed by atoms with Crippen LogP contribution >= 0.6 is 0 Å². The van der Waals surface area contributed by atoms with Crippen LogP contribution in [0.4, 0.5) is 11.4 Å². The molecule has 0 spiro atoms. The van der Waals surface area contributed by atoms with Gasteiger partial charge in [-0.15, -0.1) is 0 Å². The normalized spacial score (nSPS) is 10.6. The number of nitrogens with one attached hydrogen (secondary N) is 2. The van der Waals surface area contributed by atoms with Crippen LogP contribution in [0.1, 0.15) is 30.1 Å². The van der Waals surface area contributed by atoms with E-state index in [0.29, 0.717) is 40.0 Å². The highest BCUT2D eigenvalue weighted by Gasteiger charge is 2.15. The lowest BCUT2D eigenvalue weighted by molar-refractivity contribution is -0.116. The number of para-hydroxylation sites is 1. The van der Waals surface area contributed by atoms with Crippen LogP contribution in [0.15, 0.2) is 53.3 Å².